The van der Waals surface area contributed by atoms with Crippen molar-refractivity contribution in [3.05, 3.63) is 133 Å². The van der Waals surface area contributed by atoms with E-state index in [1.807, 2.05) is 77.4 Å². The predicted octanol–water partition coefficient (Wildman–Crippen LogP) is 7.39. The maximum Gasteiger partial charge on any atom is 0.148 e. The highest BCUT2D eigenvalue weighted by molar-refractivity contribution is 5.73. The first-order valence-corrected chi connectivity index (χ1v) is 21.5. The number of hydrogen-bond acceptors (Lipinski definition) is 16. The highest BCUT2D eigenvalue weighted by Crippen LogP contribution is 2.35. The van der Waals surface area contributed by atoms with E-state index in [-0.39, 0.29) is 0 Å². The van der Waals surface area contributed by atoms with Gasteiger partial charge < -0.3 is 45.4 Å². The molecular formula is C48H51N15O2. The maximum atomic E-state index is 9.99. The quantitative estimate of drug-likeness (QED) is 0.0803. The minimum absolute atomic E-state index is 0.462. The number of piperazine rings is 2. The zero-order chi connectivity index (χ0) is 44.5. The molecule has 65 heavy (non-hydrogen) atoms. The number of pyridine rings is 3. The number of hydrogen-bond donors (Lipinski definition) is 4. The Hall–Kier alpha value is -7.94. The molecule has 6 heterocycles. The van der Waals surface area contributed by atoms with E-state index in [9.17, 15) is 5.26 Å². The van der Waals surface area contributed by atoms with Crippen LogP contribution in [0.25, 0.3) is 5.69 Å². The van der Waals surface area contributed by atoms with E-state index in [4.69, 9.17) is 14.5 Å². The molecule has 2 aliphatic heterocycles. The Bertz CT molecular complexity index is 2760. The summed E-state index contributed by atoms with van der Waals surface area (Å²) in [5, 5.41) is 31.5. The van der Waals surface area contributed by atoms with Gasteiger partial charge in [0.25, 0.3) is 0 Å². The zero-order valence-electron chi connectivity index (χ0n) is 36.6. The number of nitrogens with zero attached hydrogens (tertiary/aromatic N) is 11. The lowest BCUT2D eigenvalue weighted by Crippen LogP contribution is -2.46. The summed E-state index contributed by atoms with van der Waals surface area (Å²) in [5.74, 6) is 3.28. The fraction of sp³-hybridized carbons (Fsp3) is 0.250. The Balaban J connectivity index is 0.798. The Labute approximate surface area is 378 Å². The molecule has 17 nitrogen and oxygen atoms in total. The van der Waals surface area contributed by atoms with Crippen molar-refractivity contribution in [2.75, 3.05) is 105 Å². The molecule has 2 saturated heterocycles. The summed E-state index contributed by atoms with van der Waals surface area (Å²) in [6.07, 6.45) is 6.83. The molecule has 0 spiro atoms. The first kappa shape index (κ1) is 42.4. The van der Waals surface area contributed by atoms with Crippen LogP contribution in [0, 0.1) is 11.3 Å². The number of nitrogens with one attached hydrogen (secondary N) is 4. The highest BCUT2D eigenvalue weighted by Gasteiger charge is 2.21. The molecule has 4 aromatic heterocycles. The molecule has 0 aliphatic carbocycles. The van der Waals surface area contributed by atoms with Gasteiger partial charge in [-0.05, 0) is 73.8 Å². The molecule has 0 saturated carbocycles. The van der Waals surface area contributed by atoms with E-state index < -0.39 is 0 Å². The van der Waals surface area contributed by atoms with Crippen molar-refractivity contribution >= 4 is 57.3 Å². The van der Waals surface area contributed by atoms with E-state index in [2.05, 4.69) is 98.4 Å². The number of ether oxygens (including phenoxy) is 2. The van der Waals surface area contributed by atoms with E-state index in [1.165, 1.54) is 0 Å². The summed E-state index contributed by atoms with van der Waals surface area (Å²) in [5.41, 5.74) is 8.71. The number of nitriles is 1. The third-order valence-electron chi connectivity index (χ3n) is 11.6. The van der Waals surface area contributed by atoms with Gasteiger partial charge in [-0.15, -0.1) is 10.2 Å². The van der Waals surface area contributed by atoms with Crippen molar-refractivity contribution in [3.8, 4) is 23.3 Å². The second-order valence-corrected chi connectivity index (χ2v) is 15.9. The predicted molar refractivity (Wildman–Crippen MR) is 255 cm³/mol. The van der Waals surface area contributed by atoms with Gasteiger partial charge >= 0.3 is 0 Å². The van der Waals surface area contributed by atoms with Gasteiger partial charge in [-0.3, -0.25) is 9.47 Å². The molecule has 0 bridgehead atoms. The van der Waals surface area contributed by atoms with Crippen molar-refractivity contribution in [1.29, 1.82) is 5.26 Å². The molecule has 330 valence electrons. The zero-order valence-corrected chi connectivity index (χ0v) is 36.6. The average molecular weight is 870 g/mol. The van der Waals surface area contributed by atoms with Gasteiger partial charge in [-0.2, -0.15) is 5.26 Å². The molecule has 7 aromatic rings. The number of benzene rings is 3. The van der Waals surface area contributed by atoms with Crippen molar-refractivity contribution in [1.82, 2.24) is 39.5 Å². The molecule has 0 atom stereocenters. The van der Waals surface area contributed by atoms with Gasteiger partial charge in [-0.25, -0.2) is 15.0 Å². The third kappa shape index (κ3) is 10.3. The van der Waals surface area contributed by atoms with Crippen LogP contribution in [-0.4, -0.2) is 113 Å². The number of methoxy groups -OCH3 is 2. The van der Waals surface area contributed by atoms with Crippen LogP contribution in [0.15, 0.2) is 122 Å². The van der Waals surface area contributed by atoms with Crippen LogP contribution in [0.4, 0.5) is 57.3 Å². The van der Waals surface area contributed by atoms with Gasteiger partial charge in [0.2, 0.25) is 0 Å². The highest BCUT2D eigenvalue weighted by atomic mass is 16.5. The largest absolute Gasteiger partial charge is 0.494 e. The molecular weight excluding hydrogens is 819 g/mol. The SMILES string of the molecule is COc1cc(N2CCN(C)CC2)ccc1Nc1cc(Nc2nc(CN3CCN(c4ccc(Nc5cc(Nc6cccc(-n7cnnc7)c6)ccn5)c(OC)c4)CC3)ccc2C#N)ccn1. The minimum atomic E-state index is 0.462. The van der Waals surface area contributed by atoms with Crippen molar-refractivity contribution in [2.45, 2.75) is 6.54 Å². The topological polar surface area (TPSA) is 173 Å². The molecule has 0 unspecified atom stereocenters. The first-order chi connectivity index (χ1) is 31.9. The standard InChI is InChI=1S/C48H51N15O2/c1-59-17-21-61(22-18-59)40-9-11-43(44(28-40)64-2)58-47-27-37(14-16-51-47)55-48-34(30-49)7-8-38(56-48)31-60-19-23-62(24-20-60)41-10-12-42(45(29-41)65-3)57-46-26-36(13-15-50-46)54-35-5-4-6-39(25-35)63-32-52-53-33-63/h4-16,25-29,32-33H,17-24,31H2,1-3H3,(H2,50,54,57)(H2,51,55,56,58). The van der Waals surface area contributed by atoms with Crippen LogP contribution in [-0.2, 0) is 6.54 Å². The molecule has 2 aliphatic rings. The molecule has 2 fully saturated rings. The smallest absolute Gasteiger partial charge is 0.148 e. The Morgan fingerprint density at radius 1 is 0.600 bits per heavy atom. The summed E-state index contributed by atoms with van der Waals surface area (Å²) in [4.78, 5) is 23.5. The van der Waals surface area contributed by atoms with Crippen LogP contribution >= 0.6 is 0 Å². The summed E-state index contributed by atoms with van der Waals surface area (Å²) >= 11 is 0. The number of rotatable bonds is 15. The van der Waals surface area contributed by atoms with Gasteiger partial charge in [0.15, 0.2) is 0 Å². The van der Waals surface area contributed by atoms with Gasteiger partial charge in [0.05, 0.1) is 42.5 Å². The fourth-order valence-corrected chi connectivity index (χ4v) is 8.00. The summed E-state index contributed by atoms with van der Waals surface area (Å²) < 4.78 is 13.5. The van der Waals surface area contributed by atoms with Crippen LogP contribution in [0.5, 0.6) is 11.5 Å². The second kappa shape index (κ2) is 19.6. The van der Waals surface area contributed by atoms with Gasteiger partial charge in [0.1, 0.15) is 47.7 Å². The van der Waals surface area contributed by atoms with Crippen LogP contribution in [0.3, 0.4) is 0 Å². The molecule has 0 amide bonds. The van der Waals surface area contributed by atoms with Crippen molar-refractivity contribution in [2.24, 2.45) is 0 Å². The maximum absolute atomic E-state index is 9.99. The van der Waals surface area contributed by atoms with E-state index in [0.717, 1.165) is 115 Å². The van der Waals surface area contributed by atoms with Gasteiger partial charge in [0, 0.05) is 124 Å². The second-order valence-electron chi connectivity index (χ2n) is 15.9. The molecule has 4 N–H and O–H groups in total. The molecule has 3 aromatic carbocycles. The van der Waals surface area contributed by atoms with Crippen LogP contribution in [0.1, 0.15) is 11.3 Å². The lowest BCUT2D eigenvalue weighted by atomic mass is 10.2. The molecule has 17 heteroatoms. The van der Waals surface area contributed by atoms with E-state index in [1.54, 1.807) is 39.3 Å². The monoisotopic (exact) mass is 869 g/mol. The summed E-state index contributed by atoms with van der Waals surface area (Å²) in [6, 6.07) is 34.1. The fourth-order valence-electron chi connectivity index (χ4n) is 8.00. The van der Waals surface area contributed by atoms with E-state index >= 15 is 0 Å². The number of aromatic nitrogens is 6. The summed E-state index contributed by atoms with van der Waals surface area (Å²) in [7, 11) is 5.51. The Kier molecular flexibility index (Phi) is 12.8. The Morgan fingerprint density at radius 3 is 1.78 bits per heavy atom. The summed E-state index contributed by atoms with van der Waals surface area (Å²) in [6.45, 7) is 8.02. The number of anilines is 10. The molecule has 0 radical (unpaired) electrons. The first-order valence-electron chi connectivity index (χ1n) is 21.5. The average Bonchev–Trinajstić information content (AvgIpc) is 3.89. The van der Waals surface area contributed by atoms with Crippen molar-refractivity contribution in [3.63, 3.8) is 0 Å². The lowest BCUT2D eigenvalue weighted by Gasteiger charge is -2.36. The normalized spacial score (nSPS) is 14.4. The minimum Gasteiger partial charge on any atom is -0.494 e. The third-order valence-corrected chi connectivity index (χ3v) is 11.6. The number of likely N-dealkylation sites (N-methyl/N-ethyl adjacent to an activating group) is 1. The van der Waals surface area contributed by atoms with Crippen LogP contribution < -0.4 is 40.5 Å². The Morgan fingerprint density at radius 2 is 1.18 bits per heavy atom. The van der Waals surface area contributed by atoms with Crippen molar-refractivity contribution < 1.29 is 9.47 Å². The van der Waals surface area contributed by atoms with E-state index in [0.29, 0.717) is 29.6 Å². The van der Waals surface area contributed by atoms with Crippen LogP contribution in [0.2, 0.25) is 0 Å². The van der Waals surface area contributed by atoms with Gasteiger partial charge in [-0.1, -0.05) is 6.07 Å². The molecule has 9 rings (SSSR count). The lowest BCUT2D eigenvalue weighted by molar-refractivity contribution is 0.247.